The molecule has 0 aliphatic heterocycles. The van der Waals surface area contributed by atoms with Crippen LogP contribution in [-0.2, 0) is 0 Å². The molecule has 2 aromatic heterocycles. The van der Waals surface area contributed by atoms with Gasteiger partial charge in [0.25, 0.3) is 0 Å². The van der Waals surface area contributed by atoms with Crippen LogP contribution in [0.15, 0.2) is 59.3 Å². The quantitative estimate of drug-likeness (QED) is 0.765. The molecule has 1 aromatic carbocycles. The molecular weight excluding hydrogens is 288 g/mol. The lowest BCUT2D eigenvalue weighted by molar-refractivity contribution is 0.200. The number of aliphatic hydroxyl groups excluding tert-OH is 2. The number of hydrogen-bond acceptors (Lipinski definition) is 4. The molecule has 0 saturated heterocycles. The lowest BCUT2D eigenvalue weighted by Gasteiger charge is -2.18. The van der Waals surface area contributed by atoms with E-state index in [9.17, 15) is 10.2 Å². The van der Waals surface area contributed by atoms with Crippen LogP contribution >= 0.6 is 22.7 Å². The number of benzene rings is 1. The van der Waals surface area contributed by atoms with Gasteiger partial charge in [-0.2, -0.15) is 0 Å². The van der Waals surface area contributed by atoms with Gasteiger partial charge in [-0.1, -0.05) is 36.4 Å². The Kier molecular flexibility index (Phi) is 3.98. The van der Waals surface area contributed by atoms with Crippen molar-refractivity contribution in [2.45, 2.75) is 12.2 Å². The first kappa shape index (κ1) is 13.5. The van der Waals surface area contributed by atoms with Gasteiger partial charge in [0.2, 0.25) is 0 Å². The van der Waals surface area contributed by atoms with Crippen molar-refractivity contribution >= 4 is 22.7 Å². The third kappa shape index (κ3) is 2.55. The van der Waals surface area contributed by atoms with Crippen LogP contribution in [0.3, 0.4) is 0 Å². The Labute approximate surface area is 125 Å². The van der Waals surface area contributed by atoms with E-state index in [4.69, 9.17) is 0 Å². The maximum atomic E-state index is 10.5. The lowest BCUT2D eigenvalue weighted by Crippen LogP contribution is -2.06. The fourth-order valence-corrected chi connectivity index (χ4v) is 3.66. The van der Waals surface area contributed by atoms with Crippen molar-refractivity contribution in [3.8, 4) is 0 Å². The van der Waals surface area contributed by atoms with Crippen LogP contribution in [0.1, 0.15) is 33.1 Å². The van der Waals surface area contributed by atoms with Gasteiger partial charge in [0.1, 0.15) is 12.2 Å². The maximum absolute atomic E-state index is 10.5. The van der Waals surface area contributed by atoms with E-state index in [2.05, 4.69) is 0 Å². The van der Waals surface area contributed by atoms with Gasteiger partial charge in [-0.15, -0.1) is 22.7 Å². The van der Waals surface area contributed by atoms with Gasteiger partial charge in [-0.25, -0.2) is 0 Å². The summed E-state index contributed by atoms with van der Waals surface area (Å²) in [5.74, 6) is 0. The molecule has 3 aromatic rings. The molecule has 0 aliphatic carbocycles. The van der Waals surface area contributed by atoms with E-state index in [1.54, 1.807) is 0 Å². The molecule has 0 radical (unpaired) electrons. The third-order valence-corrected chi connectivity index (χ3v) is 5.06. The van der Waals surface area contributed by atoms with E-state index in [0.717, 1.165) is 20.9 Å². The summed E-state index contributed by atoms with van der Waals surface area (Å²) in [4.78, 5) is 1.77. The third-order valence-electron chi connectivity index (χ3n) is 3.21. The van der Waals surface area contributed by atoms with Crippen LogP contribution in [0.4, 0.5) is 0 Å². The van der Waals surface area contributed by atoms with Crippen molar-refractivity contribution in [3.05, 3.63) is 80.2 Å². The molecule has 2 N–H and O–H groups in total. The zero-order valence-electron chi connectivity index (χ0n) is 10.6. The molecule has 20 heavy (non-hydrogen) atoms. The fourth-order valence-electron chi connectivity index (χ4n) is 2.21. The molecule has 0 amide bonds. The van der Waals surface area contributed by atoms with Crippen LogP contribution in [0.5, 0.6) is 0 Å². The largest absolute Gasteiger partial charge is 0.383 e. The van der Waals surface area contributed by atoms with Gasteiger partial charge in [0.15, 0.2) is 0 Å². The molecule has 2 nitrogen and oxygen atoms in total. The Hall–Kier alpha value is -1.46. The Morgan fingerprint density at radius 1 is 0.650 bits per heavy atom. The topological polar surface area (TPSA) is 40.5 Å². The summed E-state index contributed by atoms with van der Waals surface area (Å²) < 4.78 is 0. The van der Waals surface area contributed by atoms with Crippen molar-refractivity contribution in [2.75, 3.05) is 0 Å². The minimum atomic E-state index is -0.694. The SMILES string of the molecule is OC(c1cccs1)c1ccccc1C(O)c1cccs1. The first-order valence-electron chi connectivity index (χ1n) is 6.29. The average Bonchev–Trinajstić information content (AvgIpc) is 3.18. The van der Waals surface area contributed by atoms with E-state index in [1.807, 2.05) is 59.3 Å². The van der Waals surface area contributed by atoms with Crippen molar-refractivity contribution in [3.63, 3.8) is 0 Å². The van der Waals surface area contributed by atoms with Crippen LogP contribution in [0.25, 0.3) is 0 Å². The van der Waals surface area contributed by atoms with Gasteiger partial charge < -0.3 is 10.2 Å². The van der Waals surface area contributed by atoms with Crippen molar-refractivity contribution in [2.24, 2.45) is 0 Å². The van der Waals surface area contributed by atoms with E-state index in [0.29, 0.717) is 0 Å². The van der Waals surface area contributed by atoms with Crippen molar-refractivity contribution in [1.29, 1.82) is 0 Å². The monoisotopic (exact) mass is 302 g/mol. The van der Waals surface area contributed by atoms with Gasteiger partial charge >= 0.3 is 0 Å². The summed E-state index contributed by atoms with van der Waals surface area (Å²) in [6.45, 7) is 0. The molecular formula is C16H14O2S2. The van der Waals surface area contributed by atoms with Gasteiger partial charge in [-0.05, 0) is 34.0 Å². The first-order valence-corrected chi connectivity index (χ1v) is 8.05. The van der Waals surface area contributed by atoms with Crippen LogP contribution in [-0.4, -0.2) is 10.2 Å². The zero-order chi connectivity index (χ0) is 13.9. The molecule has 2 unspecified atom stereocenters. The number of hydrogen-bond donors (Lipinski definition) is 2. The second-order valence-corrected chi connectivity index (χ2v) is 6.42. The molecule has 4 heteroatoms. The number of rotatable bonds is 4. The highest BCUT2D eigenvalue weighted by atomic mass is 32.1. The second kappa shape index (κ2) is 5.89. The highest BCUT2D eigenvalue weighted by molar-refractivity contribution is 7.10. The highest BCUT2D eigenvalue weighted by Crippen LogP contribution is 2.34. The number of thiophene rings is 2. The summed E-state index contributed by atoms with van der Waals surface area (Å²) in [6, 6.07) is 15.2. The molecule has 102 valence electrons. The predicted molar refractivity (Wildman–Crippen MR) is 83.2 cm³/mol. The summed E-state index contributed by atoms with van der Waals surface area (Å²) in [6.07, 6.45) is -1.39. The summed E-state index contributed by atoms with van der Waals surface area (Å²) in [5, 5.41) is 24.9. The van der Waals surface area contributed by atoms with Gasteiger partial charge in [-0.3, -0.25) is 0 Å². The van der Waals surface area contributed by atoms with Crippen LogP contribution < -0.4 is 0 Å². The molecule has 2 atom stereocenters. The Balaban J connectivity index is 2.00. The minimum absolute atomic E-state index is 0.694. The number of aliphatic hydroxyl groups is 2. The Bertz CT molecular complexity index is 600. The van der Waals surface area contributed by atoms with E-state index in [1.165, 1.54) is 22.7 Å². The molecule has 3 rings (SSSR count). The van der Waals surface area contributed by atoms with Crippen molar-refractivity contribution < 1.29 is 10.2 Å². The molecule has 0 fully saturated rings. The smallest absolute Gasteiger partial charge is 0.114 e. The lowest BCUT2D eigenvalue weighted by atomic mass is 9.96. The molecule has 0 spiro atoms. The van der Waals surface area contributed by atoms with E-state index >= 15 is 0 Å². The normalized spacial score (nSPS) is 14.1. The summed E-state index contributed by atoms with van der Waals surface area (Å²) >= 11 is 3.03. The van der Waals surface area contributed by atoms with Gasteiger partial charge in [0.05, 0.1) is 0 Å². The predicted octanol–water partition coefficient (Wildman–Crippen LogP) is 3.97. The standard InChI is InChI=1S/C16H14O2S2/c17-15(13-7-3-9-19-13)11-5-1-2-6-12(11)16(18)14-8-4-10-20-14/h1-10,15-18H. The van der Waals surface area contributed by atoms with Crippen molar-refractivity contribution in [1.82, 2.24) is 0 Å². The summed E-state index contributed by atoms with van der Waals surface area (Å²) in [5.41, 5.74) is 1.52. The van der Waals surface area contributed by atoms with E-state index in [-0.39, 0.29) is 0 Å². The van der Waals surface area contributed by atoms with E-state index < -0.39 is 12.2 Å². The fraction of sp³-hybridized carbons (Fsp3) is 0.125. The summed E-state index contributed by atoms with van der Waals surface area (Å²) in [7, 11) is 0. The highest BCUT2D eigenvalue weighted by Gasteiger charge is 2.20. The van der Waals surface area contributed by atoms with Gasteiger partial charge in [0, 0.05) is 9.75 Å². The molecule has 0 bridgehead atoms. The second-order valence-electron chi connectivity index (χ2n) is 4.46. The first-order chi connectivity index (χ1) is 9.77. The molecule has 0 aliphatic rings. The zero-order valence-corrected chi connectivity index (χ0v) is 12.3. The average molecular weight is 302 g/mol. The van der Waals surface area contributed by atoms with Crippen LogP contribution in [0.2, 0.25) is 0 Å². The van der Waals surface area contributed by atoms with Crippen LogP contribution in [0, 0.1) is 0 Å². The minimum Gasteiger partial charge on any atom is -0.383 e. The maximum Gasteiger partial charge on any atom is 0.114 e. The molecule has 0 saturated carbocycles. The Morgan fingerprint density at radius 3 is 1.45 bits per heavy atom. The molecule has 2 heterocycles. The Morgan fingerprint density at radius 2 is 1.10 bits per heavy atom.